The fourth-order valence-electron chi connectivity index (χ4n) is 2.42. The second-order valence-corrected chi connectivity index (χ2v) is 5.95. The van der Waals surface area contributed by atoms with E-state index in [0.717, 1.165) is 16.7 Å². The van der Waals surface area contributed by atoms with E-state index in [1.807, 2.05) is 43.3 Å². The topological polar surface area (TPSA) is 92.9 Å². The van der Waals surface area contributed by atoms with Gasteiger partial charge in [0.25, 0.3) is 5.91 Å². The van der Waals surface area contributed by atoms with E-state index < -0.39 is 0 Å². The Morgan fingerprint density at radius 1 is 1.20 bits per heavy atom. The molecule has 2 aromatic carbocycles. The highest BCUT2D eigenvalue weighted by atomic mass is 16.3. The molecule has 0 aliphatic carbocycles. The number of aliphatic hydroxyl groups is 1. The van der Waals surface area contributed by atoms with Gasteiger partial charge in [-0.2, -0.15) is 0 Å². The van der Waals surface area contributed by atoms with Crippen molar-refractivity contribution < 1.29 is 9.90 Å². The maximum Gasteiger partial charge on any atom is 0.251 e. The predicted octanol–water partition coefficient (Wildman–Crippen LogP) is 1.75. The van der Waals surface area contributed by atoms with Crippen LogP contribution in [0, 0.1) is 6.92 Å². The first-order chi connectivity index (χ1) is 12.1. The predicted molar refractivity (Wildman–Crippen MR) is 93.3 cm³/mol. The van der Waals surface area contributed by atoms with Crippen LogP contribution in [0.2, 0.25) is 0 Å². The Morgan fingerprint density at radius 3 is 2.60 bits per heavy atom. The fraction of sp³-hybridized carbons (Fsp3) is 0.222. The van der Waals surface area contributed by atoms with E-state index in [0.29, 0.717) is 11.3 Å². The number of amides is 1. The molecule has 0 bridgehead atoms. The number of carbonyl (C=O) groups excluding carboxylic acids is 1. The van der Waals surface area contributed by atoms with Gasteiger partial charge in [-0.15, -0.1) is 5.10 Å². The van der Waals surface area contributed by atoms with Crippen LogP contribution in [-0.4, -0.2) is 43.9 Å². The Morgan fingerprint density at radius 2 is 1.96 bits per heavy atom. The molecule has 0 saturated heterocycles. The minimum atomic E-state index is -0.327. The van der Waals surface area contributed by atoms with Crippen molar-refractivity contribution in [1.82, 2.24) is 25.5 Å². The molecular weight excluding hydrogens is 318 g/mol. The molecule has 1 aromatic heterocycles. The zero-order valence-electron chi connectivity index (χ0n) is 14.0. The summed E-state index contributed by atoms with van der Waals surface area (Å²) >= 11 is 0. The van der Waals surface area contributed by atoms with Crippen LogP contribution in [0.1, 0.15) is 22.8 Å². The van der Waals surface area contributed by atoms with Gasteiger partial charge in [0.05, 0.1) is 12.3 Å². The lowest BCUT2D eigenvalue weighted by Gasteiger charge is -2.13. The maximum atomic E-state index is 12.5. The second kappa shape index (κ2) is 7.23. The van der Waals surface area contributed by atoms with Crippen molar-refractivity contribution >= 4 is 5.91 Å². The van der Waals surface area contributed by atoms with Crippen molar-refractivity contribution in [2.24, 2.45) is 0 Å². The van der Waals surface area contributed by atoms with Crippen molar-refractivity contribution in [2.45, 2.75) is 19.9 Å². The van der Waals surface area contributed by atoms with E-state index in [4.69, 9.17) is 5.11 Å². The van der Waals surface area contributed by atoms with Gasteiger partial charge in [-0.05, 0) is 53.6 Å². The number of hydrogen-bond donors (Lipinski definition) is 2. The van der Waals surface area contributed by atoms with E-state index in [-0.39, 0.29) is 18.6 Å². The summed E-state index contributed by atoms with van der Waals surface area (Å²) < 4.78 is 1.50. The Balaban J connectivity index is 2.05. The van der Waals surface area contributed by atoms with Crippen LogP contribution in [0.25, 0.3) is 16.8 Å². The first-order valence-electron chi connectivity index (χ1n) is 7.94. The van der Waals surface area contributed by atoms with Crippen LogP contribution in [0.3, 0.4) is 0 Å². The molecule has 0 radical (unpaired) electrons. The van der Waals surface area contributed by atoms with E-state index >= 15 is 0 Å². The summed E-state index contributed by atoms with van der Waals surface area (Å²) in [5.41, 5.74) is 4.20. The first-order valence-corrected chi connectivity index (χ1v) is 7.94. The molecule has 7 nitrogen and oxygen atoms in total. The quantitative estimate of drug-likeness (QED) is 0.740. The van der Waals surface area contributed by atoms with Gasteiger partial charge in [-0.25, -0.2) is 4.68 Å². The van der Waals surface area contributed by atoms with Gasteiger partial charge in [0.2, 0.25) is 0 Å². The number of benzene rings is 2. The molecule has 0 unspecified atom stereocenters. The summed E-state index contributed by atoms with van der Waals surface area (Å²) in [6.45, 7) is 3.64. The maximum absolute atomic E-state index is 12.5. The highest BCUT2D eigenvalue weighted by Crippen LogP contribution is 2.24. The molecular formula is C18H19N5O2. The Kier molecular flexibility index (Phi) is 4.85. The molecule has 25 heavy (non-hydrogen) atoms. The van der Waals surface area contributed by atoms with Crippen LogP contribution in [0.15, 0.2) is 48.8 Å². The molecule has 3 rings (SSSR count). The SMILES string of the molecule is Cc1ccc(-c2cc(C(=O)N[C@@H](C)CO)cc(-n3cnnn3)c2)cc1. The normalized spacial score (nSPS) is 12.0. The molecule has 0 saturated carbocycles. The average molecular weight is 337 g/mol. The third kappa shape index (κ3) is 3.89. The second-order valence-electron chi connectivity index (χ2n) is 5.95. The van der Waals surface area contributed by atoms with E-state index in [1.165, 1.54) is 11.0 Å². The Bertz CT molecular complexity index is 860. The van der Waals surface area contributed by atoms with Gasteiger partial charge < -0.3 is 10.4 Å². The smallest absolute Gasteiger partial charge is 0.251 e. The largest absolute Gasteiger partial charge is 0.394 e. The molecule has 1 atom stereocenters. The van der Waals surface area contributed by atoms with Crippen molar-refractivity contribution in [3.63, 3.8) is 0 Å². The number of aromatic nitrogens is 4. The number of aryl methyl sites for hydroxylation is 1. The third-order valence-corrected chi connectivity index (χ3v) is 3.83. The average Bonchev–Trinajstić information content (AvgIpc) is 3.16. The van der Waals surface area contributed by atoms with Gasteiger partial charge >= 0.3 is 0 Å². The number of carbonyl (C=O) groups is 1. The summed E-state index contributed by atoms with van der Waals surface area (Å²) in [7, 11) is 0. The zero-order valence-corrected chi connectivity index (χ0v) is 14.0. The van der Waals surface area contributed by atoms with Crippen LogP contribution in [-0.2, 0) is 0 Å². The molecule has 2 N–H and O–H groups in total. The molecule has 0 aliphatic heterocycles. The van der Waals surface area contributed by atoms with Gasteiger partial charge in [-0.1, -0.05) is 29.8 Å². The van der Waals surface area contributed by atoms with Crippen molar-refractivity contribution in [3.05, 3.63) is 59.9 Å². The van der Waals surface area contributed by atoms with Crippen molar-refractivity contribution in [3.8, 4) is 16.8 Å². The molecule has 1 heterocycles. The Labute approximate surface area is 145 Å². The number of nitrogens with zero attached hydrogens (tertiary/aromatic N) is 4. The zero-order chi connectivity index (χ0) is 17.8. The highest BCUT2D eigenvalue weighted by molar-refractivity contribution is 5.96. The summed E-state index contributed by atoms with van der Waals surface area (Å²) in [4.78, 5) is 12.5. The van der Waals surface area contributed by atoms with Crippen LogP contribution >= 0.6 is 0 Å². The van der Waals surface area contributed by atoms with Crippen molar-refractivity contribution in [2.75, 3.05) is 6.61 Å². The monoisotopic (exact) mass is 337 g/mol. The summed E-state index contributed by atoms with van der Waals surface area (Å²) in [6, 6.07) is 13.2. The van der Waals surface area contributed by atoms with E-state index in [2.05, 4.69) is 20.8 Å². The molecule has 0 aliphatic rings. The Hall–Kier alpha value is -3.06. The van der Waals surface area contributed by atoms with Crippen LogP contribution < -0.4 is 5.32 Å². The lowest BCUT2D eigenvalue weighted by Crippen LogP contribution is -2.35. The number of hydrogen-bond acceptors (Lipinski definition) is 5. The van der Waals surface area contributed by atoms with Gasteiger partial charge in [0, 0.05) is 11.6 Å². The minimum Gasteiger partial charge on any atom is -0.394 e. The van der Waals surface area contributed by atoms with Gasteiger partial charge in [-0.3, -0.25) is 4.79 Å². The lowest BCUT2D eigenvalue weighted by molar-refractivity contribution is 0.0922. The van der Waals surface area contributed by atoms with Crippen LogP contribution in [0.4, 0.5) is 0 Å². The summed E-state index contributed by atoms with van der Waals surface area (Å²) in [5, 5.41) is 23.1. The van der Waals surface area contributed by atoms with Crippen LogP contribution in [0.5, 0.6) is 0 Å². The van der Waals surface area contributed by atoms with E-state index in [9.17, 15) is 4.79 Å². The van der Waals surface area contributed by atoms with E-state index in [1.54, 1.807) is 13.0 Å². The number of tetrazole rings is 1. The molecule has 1 amide bonds. The summed E-state index contributed by atoms with van der Waals surface area (Å²) in [5.74, 6) is -0.259. The van der Waals surface area contributed by atoms with Crippen molar-refractivity contribution in [1.29, 1.82) is 0 Å². The first kappa shape index (κ1) is 16.8. The number of nitrogens with one attached hydrogen (secondary N) is 1. The standard InChI is InChI=1S/C18H19N5O2/c1-12-3-5-14(6-4-12)15-7-16(18(25)20-13(2)10-24)9-17(8-15)23-11-19-21-22-23/h3-9,11,13,24H,10H2,1-2H3,(H,20,25)/t13-/m0/s1. The number of rotatable bonds is 5. The van der Waals surface area contributed by atoms with Gasteiger partial charge in [0.1, 0.15) is 6.33 Å². The molecule has 0 fully saturated rings. The molecule has 3 aromatic rings. The highest BCUT2D eigenvalue weighted by Gasteiger charge is 2.13. The number of aliphatic hydroxyl groups excluding tert-OH is 1. The lowest BCUT2D eigenvalue weighted by atomic mass is 10.0. The third-order valence-electron chi connectivity index (χ3n) is 3.83. The summed E-state index contributed by atoms with van der Waals surface area (Å²) in [6.07, 6.45) is 1.48. The van der Waals surface area contributed by atoms with Gasteiger partial charge in [0.15, 0.2) is 0 Å². The molecule has 128 valence electrons. The minimum absolute atomic E-state index is 0.122. The molecule has 7 heteroatoms. The molecule has 0 spiro atoms. The fourth-order valence-corrected chi connectivity index (χ4v) is 2.42.